The van der Waals surface area contributed by atoms with Crippen molar-refractivity contribution in [3.05, 3.63) is 29.3 Å². The smallest absolute Gasteiger partial charge is 0.146 e. The van der Waals surface area contributed by atoms with Crippen molar-refractivity contribution in [2.75, 3.05) is 25.0 Å². The van der Waals surface area contributed by atoms with Crippen LogP contribution >= 0.6 is 0 Å². The number of hydrogen-bond donors (Lipinski definition) is 1. The maximum Gasteiger partial charge on any atom is 0.146 e. The van der Waals surface area contributed by atoms with Crippen LogP contribution in [0.5, 0.6) is 0 Å². The minimum absolute atomic E-state index is 0.278. The summed E-state index contributed by atoms with van der Waals surface area (Å²) in [6, 6.07) is 2.83. The lowest BCUT2D eigenvalue weighted by atomic mass is 9.94. The Bertz CT molecular complexity index is 461. The molecule has 2 aliphatic rings. The lowest BCUT2D eigenvalue weighted by Gasteiger charge is -2.31. The number of rotatable bonds is 2. The van der Waals surface area contributed by atoms with Gasteiger partial charge in [0.05, 0.1) is 5.69 Å². The van der Waals surface area contributed by atoms with Gasteiger partial charge in [-0.3, -0.25) is 0 Å². The first-order valence-corrected chi connectivity index (χ1v) is 6.58. The summed E-state index contributed by atoms with van der Waals surface area (Å²) < 4.78 is 27.3. The van der Waals surface area contributed by atoms with Crippen LogP contribution in [0.15, 0.2) is 12.1 Å². The second-order valence-electron chi connectivity index (χ2n) is 5.47. The lowest BCUT2D eigenvalue weighted by Crippen LogP contribution is -2.39. The van der Waals surface area contributed by atoms with Gasteiger partial charge in [-0.1, -0.05) is 0 Å². The van der Waals surface area contributed by atoms with E-state index in [1.807, 2.05) is 0 Å². The van der Waals surface area contributed by atoms with Crippen LogP contribution in [-0.2, 0) is 0 Å². The maximum atomic E-state index is 13.8. The molecule has 2 aliphatic heterocycles. The molecule has 3 atom stereocenters. The average molecular weight is 252 g/mol. The van der Waals surface area contributed by atoms with Crippen LogP contribution in [0.4, 0.5) is 14.5 Å². The molecule has 2 bridgehead atoms. The molecular weight excluding hydrogens is 234 g/mol. The molecule has 0 aromatic heterocycles. The van der Waals surface area contributed by atoms with Crippen LogP contribution < -0.4 is 5.32 Å². The molecule has 3 unspecified atom stereocenters. The summed E-state index contributed by atoms with van der Waals surface area (Å²) in [5.74, 6) is -0.125. The Labute approximate surface area is 106 Å². The van der Waals surface area contributed by atoms with Crippen molar-refractivity contribution in [2.24, 2.45) is 5.92 Å². The van der Waals surface area contributed by atoms with E-state index in [0.29, 0.717) is 17.2 Å². The highest BCUT2D eigenvalue weighted by Gasteiger charge is 2.34. The number of benzene rings is 1. The topological polar surface area (TPSA) is 15.3 Å². The molecule has 1 aromatic rings. The van der Waals surface area contributed by atoms with Gasteiger partial charge in [0.1, 0.15) is 11.6 Å². The van der Waals surface area contributed by atoms with Crippen LogP contribution in [0.3, 0.4) is 0 Å². The molecule has 0 amide bonds. The van der Waals surface area contributed by atoms with Crippen molar-refractivity contribution in [1.29, 1.82) is 0 Å². The predicted molar refractivity (Wildman–Crippen MR) is 67.7 cm³/mol. The molecule has 0 radical (unpaired) electrons. The summed E-state index contributed by atoms with van der Waals surface area (Å²) in [5.41, 5.74) is 0.664. The summed E-state index contributed by atoms with van der Waals surface area (Å²) in [4.78, 5) is 2.44. The quantitative estimate of drug-likeness (QED) is 0.870. The summed E-state index contributed by atoms with van der Waals surface area (Å²) >= 11 is 0. The van der Waals surface area contributed by atoms with Gasteiger partial charge < -0.3 is 10.2 Å². The Kier molecular flexibility index (Phi) is 2.98. The molecule has 1 aromatic carbocycles. The summed E-state index contributed by atoms with van der Waals surface area (Å²) in [6.45, 7) is 4.88. The van der Waals surface area contributed by atoms with E-state index in [1.54, 1.807) is 6.92 Å². The highest BCUT2D eigenvalue weighted by atomic mass is 19.1. The van der Waals surface area contributed by atoms with Gasteiger partial charge in [0.25, 0.3) is 0 Å². The second-order valence-corrected chi connectivity index (χ2v) is 5.47. The van der Waals surface area contributed by atoms with Gasteiger partial charge in [0.2, 0.25) is 0 Å². The van der Waals surface area contributed by atoms with E-state index in [1.165, 1.54) is 12.1 Å². The van der Waals surface area contributed by atoms with Crippen molar-refractivity contribution in [1.82, 2.24) is 4.90 Å². The average Bonchev–Trinajstić information content (AvgIpc) is 2.72. The summed E-state index contributed by atoms with van der Waals surface area (Å²) in [7, 11) is 0. The van der Waals surface area contributed by atoms with Gasteiger partial charge in [0, 0.05) is 25.2 Å². The Morgan fingerprint density at radius 2 is 1.94 bits per heavy atom. The molecule has 2 heterocycles. The van der Waals surface area contributed by atoms with Gasteiger partial charge >= 0.3 is 0 Å². The molecule has 0 aliphatic carbocycles. The van der Waals surface area contributed by atoms with Crippen molar-refractivity contribution in [3.63, 3.8) is 0 Å². The Hall–Kier alpha value is -1.16. The number of fused-ring (bicyclic) bond motifs is 2. The summed E-state index contributed by atoms with van der Waals surface area (Å²) in [6.07, 6.45) is 2.17. The Morgan fingerprint density at radius 3 is 2.78 bits per heavy atom. The normalized spacial score (nSPS) is 30.5. The largest absolute Gasteiger partial charge is 0.379 e. The number of piperidine rings is 1. The third-order valence-electron chi connectivity index (χ3n) is 4.22. The standard InChI is InChI=1S/C14H18F2N2/c1-9-6-12(16)14(7-11(9)15)17-13-3-5-18-4-2-10(13)8-18/h6-7,10,13,17H,2-5,8H2,1H3. The fraction of sp³-hybridized carbons (Fsp3) is 0.571. The van der Waals surface area contributed by atoms with Crippen LogP contribution in [0, 0.1) is 24.5 Å². The van der Waals surface area contributed by atoms with Gasteiger partial charge in [-0.15, -0.1) is 0 Å². The molecule has 2 fully saturated rings. The molecule has 18 heavy (non-hydrogen) atoms. The first-order chi connectivity index (χ1) is 8.63. The first-order valence-electron chi connectivity index (χ1n) is 6.58. The van der Waals surface area contributed by atoms with Gasteiger partial charge in [0.15, 0.2) is 0 Å². The van der Waals surface area contributed by atoms with Gasteiger partial charge in [-0.2, -0.15) is 0 Å². The maximum absolute atomic E-state index is 13.8. The first kappa shape index (κ1) is 11.9. The highest BCUT2D eigenvalue weighted by Crippen LogP contribution is 2.30. The molecule has 0 saturated carbocycles. The minimum atomic E-state index is -0.352. The number of aryl methyl sites for hydroxylation is 1. The molecule has 4 heteroatoms. The van der Waals surface area contributed by atoms with Crippen LogP contribution in [0.1, 0.15) is 18.4 Å². The zero-order chi connectivity index (χ0) is 12.7. The zero-order valence-electron chi connectivity index (χ0n) is 10.5. The van der Waals surface area contributed by atoms with E-state index in [9.17, 15) is 8.78 Å². The summed E-state index contributed by atoms with van der Waals surface area (Å²) in [5, 5.41) is 3.20. The van der Waals surface area contributed by atoms with Crippen LogP contribution in [0.2, 0.25) is 0 Å². The van der Waals surface area contributed by atoms with Gasteiger partial charge in [-0.05, 0) is 43.9 Å². The third-order valence-corrected chi connectivity index (χ3v) is 4.22. The third kappa shape index (κ3) is 2.09. The van der Waals surface area contributed by atoms with E-state index >= 15 is 0 Å². The van der Waals surface area contributed by atoms with Crippen LogP contribution in [-0.4, -0.2) is 30.6 Å². The second kappa shape index (κ2) is 4.50. The van der Waals surface area contributed by atoms with E-state index in [0.717, 1.165) is 32.5 Å². The Morgan fingerprint density at radius 1 is 1.17 bits per heavy atom. The monoisotopic (exact) mass is 252 g/mol. The van der Waals surface area contributed by atoms with Crippen molar-refractivity contribution < 1.29 is 8.78 Å². The predicted octanol–water partition coefficient (Wildman–Crippen LogP) is 2.78. The number of nitrogens with zero attached hydrogens (tertiary/aromatic N) is 1. The molecule has 2 nitrogen and oxygen atoms in total. The number of nitrogens with one attached hydrogen (secondary N) is 1. The molecule has 98 valence electrons. The molecular formula is C14H18F2N2. The SMILES string of the molecule is Cc1cc(F)c(NC2CCN3CCC2C3)cc1F. The lowest BCUT2D eigenvalue weighted by molar-refractivity contribution is 0.254. The molecule has 3 rings (SSSR count). The fourth-order valence-electron chi connectivity index (χ4n) is 3.10. The fourth-order valence-corrected chi connectivity index (χ4v) is 3.10. The molecule has 0 spiro atoms. The zero-order valence-corrected chi connectivity index (χ0v) is 10.5. The van der Waals surface area contributed by atoms with Crippen molar-refractivity contribution >= 4 is 5.69 Å². The highest BCUT2D eigenvalue weighted by molar-refractivity contribution is 5.48. The molecule has 1 N–H and O–H groups in total. The number of anilines is 1. The number of hydrogen-bond acceptors (Lipinski definition) is 2. The number of halogens is 2. The van der Waals surface area contributed by atoms with E-state index in [-0.39, 0.29) is 17.7 Å². The van der Waals surface area contributed by atoms with Gasteiger partial charge in [-0.25, -0.2) is 8.78 Å². The Balaban J connectivity index is 1.78. The van der Waals surface area contributed by atoms with Crippen molar-refractivity contribution in [2.45, 2.75) is 25.8 Å². The minimum Gasteiger partial charge on any atom is -0.379 e. The molecule has 2 saturated heterocycles. The van der Waals surface area contributed by atoms with E-state index in [4.69, 9.17) is 0 Å². The van der Waals surface area contributed by atoms with E-state index < -0.39 is 0 Å². The van der Waals surface area contributed by atoms with Crippen LogP contribution in [0.25, 0.3) is 0 Å². The van der Waals surface area contributed by atoms with Crippen molar-refractivity contribution in [3.8, 4) is 0 Å². The van der Waals surface area contributed by atoms with E-state index in [2.05, 4.69) is 10.2 Å².